The third-order valence-corrected chi connectivity index (χ3v) is 1.40. The molecule has 0 saturated heterocycles. The fraction of sp³-hybridized carbons (Fsp3) is 0.143. The second-order valence-corrected chi connectivity index (χ2v) is 2.40. The van der Waals surface area contributed by atoms with Crippen LogP contribution in [0, 0.1) is 0 Å². The number of nitrogen functional groups attached to an aromatic ring is 1. The lowest BCUT2D eigenvalue weighted by Gasteiger charge is -1.97. The topological polar surface area (TPSA) is 72.0 Å². The third-order valence-electron chi connectivity index (χ3n) is 1.22. The monoisotopic (exact) mass is 185 g/mol. The van der Waals surface area contributed by atoms with Crippen LogP contribution in [0.4, 0.5) is 5.82 Å². The van der Waals surface area contributed by atoms with Gasteiger partial charge in [0.15, 0.2) is 0 Å². The molecule has 0 aliphatic carbocycles. The van der Waals surface area contributed by atoms with Crippen molar-refractivity contribution in [1.29, 1.82) is 0 Å². The fourth-order valence-corrected chi connectivity index (χ4v) is 0.830. The first-order valence-electron chi connectivity index (χ1n) is 3.29. The Morgan fingerprint density at radius 1 is 1.67 bits per heavy atom. The van der Waals surface area contributed by atoms with Gasteiger partial charge in [0.1, 0.15) is 5.82 Å². The largest absolute Gasteiger partial charge is 0.392 e. The Kier molecular flexibility index (Phi) is 3.01. The fourth-order valence-electron chi connectivity index (χ4n) is 0.690. The zero-order valence-electron chi connectivity index (χ0n) is 6.24. The van der Waals surface area contributed by atoms with E-state index in [-0.39, 0.29) is 11.9 Å². The number of hydrogen-bond donors (Lipinski definition) is 2. The van der Waals surface area contributed by atoms with E-state index in [1.165, 1.54) is 6.20 Å². The summed E-state index contributed by atoms with van der Waals surface area (Å²) in [5.74, 6) is 0.305. The molecule has 0 aliphatic rings. The zero-order chi connectivity index (χ0) is 8.97. The van der Waals surface area contributed by atoms with Crippen molar-refractivity contribution in [3.8, 4) is 0 Å². The highest BCUT2D eigenvalue weighted by atomic mass is 35.5. The van der Waals surface area contributed by atoms with Crippen molar-refractivity contribution >= 4 is 23.5 Å². The van der Waals surface area contributed by atoms with Crippen LogP contribution >= 0.6 is 11.6 Å². The maximum atomic E-state index is 8.48. The van der Waals surface area contributed by atoms with Crippen molar-refractivity contribution in [2.45, 2.75) is 0 Å². The molecule has 1 rings (SSSR count). The molecule has 1 aromatic rings. The Morgan fingerprint density at radius 3 is 3.00 bits per heavy atom. The molecular formula is C7H8ClN3O. The maximum absolute atomic E-state index is 8.48. The molecular weight excluding hydrogens is 178 g/mol. The van der Waals surface area contributed by atoms with E-state index in [1.807, 2.05) is 0 Å². The standard InChI is InChI=1S/C7H8ClN3O/c8-7-10-4-5(2-1-3-12)6(9)11-7/h1-2,4,12H,3H2,(H2,9,10,11). The highest BCUT2D eigenvalue weighted by molar-refractivity contribution is 6.28. The van der Waals surface area contributed by atoms with Gasteiger partial charge in [0.25, 0.3) is 0 Å². The molecule has 5 heteroatoms. The predicted molar refractivity (Wildman–Crippen MR) is 47.6 cm³/mol. The lowest BCUT2D eigenvalue weighted by molar-refractivity contribution is 0.343. The Balaban J connectivity index is 2.94. The maximum Gasteiger partial charge on any atom is 0.224 e. The summed E-state index contributed by atoms with van der Waals surface area (Å²) in [4.78, 5) is 7.46. The SMILES string of the molecule is Nc1nc(Cl)ncc1C=CCO. The minimum atomic E-state index is -0.0396. The van der Waals surface area contributed by atoms with Gasteiger partial charge in [-0.2, -0.15) is 0 Å². The quantitative estimate of drug-likeness (QED) is 0.666. The molecule has 0 amide bonds. The van der Waals surface area contributed by atoms with Crippen LogP contribution in [-0.4, -0.2) is 21.7 Å². The van der Waals surface area contributed by atoms with Gasteiger partial charge in [-0.25, -0.2) is 9.97 Å². The van der Waals surface area contributed by atoms with Crippen molar-refractivity contribution in [3.05, 3.63) is 23.1 Å². The van der Waals surface area contributed by atoms with Gasteiger partial charge in [0.2, 0.25) is 5.28 Å². The van der Waals surface area contributed by atoms with Crippen molar-refractivity contribution in [1.82, 2.24) is 9.97 Å². The molecule has 0 fully saturated rings. The molecule has 0 saturated carbocycles. The van der Waals surface area contributed by atoms with E-state index in [2.05, 4.69) is 9.97 Å². The van der Waals surface area contributed by atoms with Crippen LogP contribution in [-0.2, 0) is 0 Å². The summed E-state index contributed by atoms with van der Waals surface area (Å²) < 4.78 is 0. The molecule has 0 bridgehead atoms. The Labute approximate surface area is 74.7 Å². The number of aromatic nitrogens is 2. The molecule has 0 aliphatic heterocycles. The Bertz CT molecular complexity index is 301. The molecule has 1 aromatic heterocycles. The summed E-state index contributed by atoms with van der Waals surface area (Å²) >= 11 is 5.48. The van der Waals surface area contributed by atoms with Crippen LogP contribution in [0.5, 0.6) is 0 Å². The van der Waals surface area contributed by atoms with Gasteiger partial charge in [0, 0.05) is 11.8 Å². The molecule has 0 unspecified atom stereocenters. The number of rotatable bonds is 2. The highest BCUT2D eigenvalue weighted by Crippen LogP contribution is 2.11. The summed E-state index contributed by atoms with van der Waals surface area (Å²) in [6, 6.07) is 0. The average Bonchev–Trinajstić information content (AvgIpc) is 2.03. The van der Waals surface area contributed by atoms with E-state index in [0.29, 0.717) is 11.4 Å². The van der Waals surface area contributed by atoms with Gasteiger partial charge in [0.05, 0.1) is 6.61 Å². The second kappa shape index (κ2) is 4.04. The van der Waals surface area contributed by atoms with Crippen LogP contribution in [0.1, 0.15) is 5.56 Å². The number of halogens is 1. The van der Waals surface area contributed by atoms with Gasteiger partial charge >= 0.3 is 0 Å². The molecule has 0 aromatic carbocycles. The molecule has 12 heavy (non-hydrogen) atoms. The summed E-state index contributed by atoms with van der Waals surface area (Å²) in [7, 11) is 0. The number of aliphatic hydroxyl groups excluding tert-OH is 1. The zero-order valence-corrected chi connectivity index (χ0v) is 6.99. The molecule has 4 nitrogen and oxygen atoms in total. The Morgan fingerprint density at radius 2 is 2.42 bits per heavy atom. The van der Waals surface area contributed by atoms with Crippen LogP contribution < -0.4 is 5.73 Å². The first kappa shape index (κ1) is 8.96. The van der Waals surface area contributed by atoms with Crippen molar-refractivity contribution in [2.75, 3.05) is 12.3 Å². The normalized spacial score (nSPS) is 10.8. The van der Waals surface area contributed by atoms with Gasteiger partial charge in [-0.3, -0.25) is 0 Å². The van der Waals surface area contributed by atoms with Crippen LogP contribution in [0.3, 0.4) is 0 Å². The molecule has 0 radical (unpaired) electrons. The van der Waals surface area contributed by atoms with E-state index in [1.54, 1.807) is 12.2 Å². The predicted octanol–water partition coefficient (Wildman–Crippen LogP) is 0.718. The minimum Gasteiger partial charge on any atom is -0.392 e. The smallest absolute Gasteiger partial charge is 0.224 e. The van der Waals surface area contributed by atoms with E-state index in [4.69, 9.17) is 22.4 Å². The molecule has 64 valence electrons. The van der Waals surface area contributed by atoms with Crippen molar-refractivity contribution < 1.29 is 5.11 Å². The average molecular weight is 186 g/mol. The van der Waals surface area contributed by atoms with Crippen molar-refractivity contribution in [3.63, 3.8) is 0 Å². The van der Waals surface area contributed by atoms with Crippen LogP contribution in [0.25, 0.3) is 6.08 Å². The number of hydrogen-bond acceptors (Lipinski definition) is 4. The summed E-state index contributed by atoms with van der Waals surface area (Å²) in [5, 5.41) is 8.60. The second-order valence-electron chi connectivity index (χ2n) is 2.06. The molecule has 0 spiro atoms. The molecule has 1 heterocycles. The van der Waals surface area contributed by atoms with E-state index in [0.717, 1.165) is 0 Å². The lowest BCUT2D eigenvalue weighted by Crippen LogP contribution is -1.95. The number of aliphatic hydroxyl groups is 1. The van der Waals surface area contributed by atoms with Gasteiger partial charge in [-0.1, -0.05) is 12.2 Å². The lowest BCUT2D eigenvalue weighted by atomic mass is 10.3. The van der Waals surface area contributed by atoms with E-state index < -0.39 is 0 Å². The van der Waals surface area contributed by atoms with Crippen molar-refractivity contribution in [2.24, 2.45) is 0 Å². The number of nitrogens with two attached hydrogens (primary N) is 1. The van der Waals surface area contributed by atoms with E-state index in [9.17, 15) is 0 Å². The molecule has 0 atom stereocenters. The summed E-state index contributed by atoms with van der Waals surface area (Å²) in [5.41, 5.74) is 6.14. The number of anilines is 1. The van der Waals surface area contributed by atoms with Gasteiger partial charge in [-0.05, 0) is 11.6 Å². The minimum absolute atomic E-state index is 0.0396. The third kappa shape index (κ3) is 2.18. The summed E-state index contributed by atoms with van der Waals surface area (Å²) in [6.45, 7) is -0.0396. The Hall–Kier alpha value is -1.13. The molecule has 3 N–H and O–H groups in total. The van der Waals surface area contributed by atoms with Gasteiger partial charge < -0.3 is 10.8 Å². The van der Waals surface area contributed by atoms with Gasteiger partial charge in [-0.15, -0.1) is 0 Å². The van der Waals surface area contributed by atoms with E-state index >= 15 is 0 Å². The highest BCUT2D eigenvalue weighted by Gasteiger charge is 1.97. The van der Waals surface area contributed by atoms with Crippen LogP contribution in [0.2, 0.25) is 5.28 Å². The van der Waals surface area contributed by atoms with Crippen LogP contribution in [0.15, 0.2) is 12.3 Å². The first-order chi connectivity index (χ1) is 5.74. The first-order valence-corrected chi connectivity index (χ1v) is 3.67. The summed E-state index contributed by atoms with van der Waals surface area (Å²) in [6.07, 6.45) is 4.67. The number of nitrogens with zero attached hydrogens (tertiary/aromatic N) is 2.